The molecular formula is C17H22N4O. The third-order valence-electron chi connectivity index (χ3n) is 3.55. The molecule has 0 saturated heterocycles. The van der Waals surface area contributed by atoms with Crippen LogP contribution in [0.15, 0.2) is 42.7 Å². The van der Waals surface area contributed by atoms with Gasteiger partial charge in [0.1, 0.15) is 0 Å². The molecular weight excluding hydrogens is 276 g/mol. The number of nitrogens with zero attached hydrogens (tertiary/aromatic N) is 3. The Kier molecular flexibility index (Phi) is 6.03. The average molecular weight is 298 g/mol. The third kappa shape index (κ3) is 4.36. The van der Waals surface area contributed by atoms with E-state index in [1.54, 1.807) is 12.4 Å². The maximum absolute atomic E-state index is 12.0. The van der Waals surface area contributed by atoms with Gasteiger partial charge in [0.15, 0.2) is 5.82 Å². The molecule has 0 aliphatic rings. The van der Waals surface area contributed by atoms with E-state index in [-0.39, 0.29) is 5.91 Å². The molecule has 0 unspecified atom stereocenters. The van der Waals surface area contributed by atoms with E-state index in [1.165, 1.54) is 0 Å². The molecule has 5 heteroatoms. The first kappa shape index (κ1) is 16.1. The second kappa shape index (κ2) is 8.24. The van der Waals surface area contributed by atoms with Gasteiger partial charge in [-0.1, -0.05) is 44.2 Å². The van der Waals surface area contributed by atoms with E-state index in [0.29, 0.717) is 17.9 Å². The zero-order valence-electron chi connectivity index (χ0n) is 13.1. The molecule has 1 amide bonds. The second-order valence-corrected chi connectivity index (χ2v) is 4.94. The van der Waals surface area contributed by atoms with Gasteiger partial charge >= 0.3 is 0 Å². The van der Waals surface area contributed by atoms with Crippen molar-refractivity contribution in [1.82, 2.24) is 20.2 Å². The Labute approximate surface area is 131 Å². The van der Waals surface area contributed by atoms with Gasteiger partial charge in [-0.3, -0.25) is 4.79 Å². The summed E-state index contributed by atoms with van der Waals surface area (Å²) in [6.07, 6.45) is 3.14. The molecule has 2 rings (SSSR count). The van der Waals surface area contributed by atoms with Gasteiger partial charge in [-0.2, -0.15) is 0 Å². The van der Waals surface area contributed by atoms with Crippen LogP contribution in [0.1, 0.15) is 24.2 Å². The molecule has 0 atom stereocenters. The Hall–Kier alpha value is -2.27. The second-order valence-electron chi connectivity index (χ2n) is 4.94. The van der Waals surface area contributed by atoms with Gasteiger partial charge in [0.25, 0.3) is 5.91 Å². The largest absolute Gasteiger partial charge is 0.351 e. The Morgan fingerprint density at radius 3 is 2.32 bits per heavy atom. The van der Waals surface area contributed by atoms with Crippen molar-refractivity contribution in [1.29, 1.82) is 0 Å². The van der Waals surface area contributed by atoms with Crippen molar-refractivity contribution < 1.29 is 4.79 Å². The van der Waals surface area contributed by atoms with Gasteiger partial charge in [0.2, 0.25) is 0 Å². The van der Waals surface area contributed by atoms with E-state index >= 15 is 0 Å². The minimum Gasteiger partial charge on any atom is -0.351 e. The fourth-order valence-corrected chi connectivity index (χ4v) is 2.15. The fraction of sp³-hybridized carbons (Fsp3) is 0.353. The van der Waals surface area contributed by atoms with Crippen molar-refractivity contribution in [2.45, 2.75) is 13.8 Å². The smallest absolute Gasteiger partial charge is 0.254 e. The van der Waals surface area contributed by atoms with Gasteiger partial charge in [-0.05, 0) is 13.1 Å². The van der Waals surface area contributed by atoms with Crippen LogP contribution in [0, 0.1) is 0 Å². The molecule has 1 N–H and O–H groups in total. The number of likely N-dealkylation sites (N-methyl/N-ethyl adjacent to an activating group) is 1. The van der Waals surface area contributed by atoms with Crippen molar-refractivity contribution in [2.75, 3.05) is 26.2 Å². The first-order chi connectivity index (χ1) is 10.7. The molecule has 0 saturated carbocycles. The van der Waals surface area contributed by atoms with E-state index < -0.39 is 0 Å². The molecule has 116 valence electrons. The summed E-state index contributed by atoms with van der Waals surface area (Å²) >= 11 is 0. The molecule has 1 heterocycles. The molecule has 0 radical (unpaired) electrons. The molecule has 0 spiro atoms. The lowest BCUT2D eigenvalue weighted by molar-refractivity contribution is 0.0948. The van der Waals surface area contributed by atoms with Crippen molar-refractivity contribution in [3.05, 3.63) is 48.3 Å². The normalized spacial score (nSPS) is 10.7. The lowest BCUT2D eigenvalue weighted by Crippen LogP contribution is -2.34. The molecule has 0 fully saturated rings. The lowest BCUT2D eigenvalue weighted by Gasteiger charge is -2.17. The Bertz CT molecular complexity index is 579. The van der Waals surface area contributed by atoms with Crippen LogP contribution >= 0.6 is 0 Å². The highest BCUT2D eigenvalue weighted by molar-refractivity contribution is 5.93. The molecule has 0 aliphatic heterocycles. The Balaban J connectivity index is 1.91. The summed E-state index contributed by atoms with van der Waals surface area (Å²) in [5.74, 6) is 0.493. The quantitative estimate of drug-likeness (QED) is 0.851. The minimum absolute atomic E-state index is 0.133. The van der Waals surface area contributed by atoms with Crippen LogP contribution in [-0.2, 0) is 0 Å². The predicted molar refractivity (Wildman–Crippen MR) is 87.6 cm³/mol. The van der Waals surface area contributed by atoms with Crippen LogP contribution in [0.3, 0.4) is 0 Å². The van der Waals surface area contributed by atoms with E-state index in [2.05, 4.69) is 34.0 Å². The highest BCUT2D eigenvalue weighted by atomic mass is 16.1. The van der Waals surface area contributed by atoms with Crippen LogP contribution in [0.5, 0.6) is 0 Å². The lowest BCUT2D eigenvalue weighted by atomic mass is 10.2. The molecule has 2 aromatic rings. The molecule has 0 aliphatic carbocycles. The molecule has 1 aromatic carbocycles. The van der Waals surface area contributed by atoms with Crippen LogP contribution in [0.2, 0.25) is 0 Å². The summed E-state index contributed by atoms with van der Waals surface area (Å²) in [6.45, 7) is 7.67. The summed E-state index contributed by atoms with van der Waals surface area (Å²) in [7, 11) is 0. The van der Waals surface area contributed by atoms with Gasteiger partial charge in [-0.25, -0.2) is 9.97 Å². The fourth-order valence-electron chi connectivity index (χ4n) is 2.15. The predicted octanol–water partition coefficient (Wildman–Crippen LogP) is 2.22. The van der Waals surface area contributed by atoms with Crippen LogP contribution in [0.4, 0.5) is 0 Å². The number of amides is 1. The Morgan fingerprint density at radius 2 is 1.73 bits per heavy atom. The molecule has 0 bridgehead atoms. The summed E-state index contributed by atoms with van der Waals surface area (Å²) in [4.78, 5) is 22.8. The maximum Gasteiger partial charge on any atom is 0.254 e. The summed E-state index contributed by atoms with van der Waals surface area (Å²) < 4.78 is 0. The first-order valence-corrected chi connectivity index (χ1v) is 7.62. The number of rotatable bonds is 7. The summed E-state index contributed by atoms with van der Waals surface area (Å²) in [5.41, 5.74) is 1.43. The van der Waals surface area contributed by atoms with Gasteiger partial charge in [0.05, 0.1) is 5.56 Å². The SMILES string of the molecule is CCN(CC)CCNC(=O)c1cnc(-c2ccccc2)nc1. The van der Waals surface area contributed by atoms with Crippen molar-refractivity contribution in [3.63, 3.8) is 0 Å². The Morgan fingerprint density at radius 1 is 1.09 bits per heavy atom. The van der Waals surface area contributed by atoms with E-state index in [9.17, 15) is 4.79 Å². The minimum atomic E-state index is -0.133. The maximum atomic E-state index is 12.0. The van der Waals surface area contributed by atoms with Crippen LogP contribution < -0.4 is 5.32 Å². The highest BCUT2D eigenvalue weighted by Crippen LogP contribution is 2.12. The number of benzene rings is 1. The van der Waals surface area contributed by atoms with Crippen molar-refractivity contribution >= 4 is 5.91 Å². The number of nitrogens with one attached hydrogen (secondary N) is 1. The van der Waals surface area contributed by atoms with Gasteiger partial charge in [-0.15, -0.1) is 0 Å². The standard InChI is InChI=1S/C17H22N4O/c1-3-21(4-2)11-10-18-17(22)15-12-19-16(20-13-15)14-8-6-5-7-9-14/h5-9,12-13H,3-4,10-11H2,1-2H3,(H,18,22). The molecule has 1 aromatic heterocycles. The average Bonchev–Trinajstić information content (AvgIpc) is 2.59. The third-order valence-corrected chi connectivity index (χ3v) is 3.55. The molecule has 5 nitrogen and oxygen atoms in total. The summed E-state index contributed by atoms with van der Waals surface area (Å²) in [6, 6.07) is 9.71. The van der Waals surface area contributed by atoms with Crippen molar-refractivity contribution in [3.8, 4) is 11.4 Å². The molecule has 22 heavy (non-hydrogen) atoms. The number of carbonyl (C=O) groups is 1. The van der Waals surface area contributed by atoms with E-state index in [4.69, 9.17) is 0 Å². The van der Waals surface area contributed by atoms with Crippen LogP contribution in [0.25, 0.3) is 11.4 Å². The van der Waals surface area contributed by atoms with Crippen molar-refractivity contribution in [2.24, 2.45) is 0 Å². The zero-order valence-corrected chi connectivity index (χ0v) is 13.1. The first-order valence-electron chi connectivity index (χ1n) is 7.62. The number of hydrogen-bond donors (Lipinski definition) is 1. The van der Waals surface area contributed by atoms with E-state index in [0.717, 1.165) is 25.2 Å². The van der Waals surface area contributed by atoms with Gasteiger partial charge < -0.3 is 10.2 Å². The zero-order chi connectivity index (χ0) is 15.8. The number of carbonyl (C=O) groups excluding carboxylic acids is 1. The van der Waals surface area contributed by atoms with E-state index in [1.807, 2.05) is 30.3 Å². The number of hydrogen-bond acceptors (Lipinski definition) is 4. The van der Waals surface area contributed by atoms with Gasteiger partial charge in [0, 0.05) is 31.0 Å². The number of aromatic nitrogens is 2. The van der Waals surface area contributed by atoms with Crippen LogP contribution in [-0.4, -0.2) is 47.0 Å². The topological polar surface area (TPSA) is 58.1 Å². The highest BCUT2D eigenvalue weighted by Gasteiger charge is 2.08. The summed E-state index contributed by atoms with van der Waals surface area (Å²) in [5, 5.41) is 2.90. The monoisotopic (exact) mass is 298 g/mol.